The highest BCUT2D eigenvalue weighted by molar-refractivity contribution is 5.56. The fraction of sp³-hybridized carbons (Fsp3) is 0.417. The van der Waals surface area contributed by atoms with Gasteiger partial charge in [-0.15, -0.1) is 0 Å². The first-order valence-electron chi connectivity index (χ1n) is 5.38. The SMILES string of the molecule is Cc1ccoc1-c1ocnc1CNC(C)C. The monoisotopic (exact) mass is 220 g/mol. The van der Waals surface area contributed by atoms with Crippen molar-refractivity contribution in [1.82, 2.24) is 10.3 Å². The van der Waals surface area contributed by atoms with Crippen molar-refractivity contribution >= 4 is 0 Å². The summed E-state index contributed by atoms with van der Waals surface area (Å²) in [5, 5.41) is 3.31. The van der Waals surface area contributed by atoms with Crippen LogP contribution in [0.1, 0.15) is 25.1 Å². The van der Waals surface area contributed by atoms with Crippen molar-refractivity contribution in [2.24, 2.45) is 0 Å². The molecule has 0 saturated carbocycles. The largest absolute Gasteiger partial charge is 0.461 e. The molecule has 0 aliphatic rings. The minimum absolute atomic E-state index is 0.419. The lowest BCUT2D eigenvalue weighted by Gasteiger charge is -2.06. The first-order chi connectivity index (χ1) is 7.68. The van der Waals surface area contributed by atoms with E-state index in [2.05, 4.69) is 24.1 Å². The number of aromatic nitrogens is 1. The Labute approximate surface area is 94.7 Å². The van der Waals surface area contributed by atoms with Crippen LogP contribution in [0.25, 0.3) is 11.5 Å². The third kappa shape index (κ3) is 2.17. The number of hydrogen-bond donors (Lipinski definition) is 1. The van der Waals surface area contributed by atoms with E-state index in [1.165, 1.54) is 6.39 Å². The molecule has 0 radical (unpaired) electrons. The second-order valence-corrected chi connectivity index (χ2v) is 4.10. The van der Waals surface area contributed by atoms with E-state index >= 15 is 0 Å². The quantitative estimate of drug-likeness (QED) is 0.860. The zero-order chi connectivity index (χ0) is 11.5. The van der Waals surface area contributed by atoms with Crippen molar-refractivity contribution in [3.63, 3.8) is 0 Å². The zero-order valence-electron chi connectivity index (χ0n) is 9.78. The number of oxazole rings is 1. The molecule has 16 heavy (non-hydrogen) atoms. The van der Waals surface area contributed by atoms with Crippen LogP contribution >= 0.6 is 0 Å². The molecule has 0 amide bonds. The molecule has 2 aromatic rings. The summed E-state index contributed by atoms with van der Waals surface area (Å²) in [5.74, 6) is 1.48. The molecule has 0 saturated heterocycles. The summed E-state index contributed by atoms with van der Waals surface area (Å²) < 4.78 is 10.8. The van der Waals surface area contributed by atoms with E-state index in [0.717, 1.165) is 22.8 Å². The topological polar surface area (TPSA) is 51.2 Å². The lowest BCUT2D eigenvalue weighted by molar-refractivity contribution is 0.515. The summed E-state index contributed by atoms with van der Waals surface area (Å²) in [7, 11) is 0. The minimum atomic E-state index is 0.419. The highest BCUT2D eigenvalue weighted by atomic mass is 16.4. The summed E-state index contributed by atoms with van der Waals surface area (Å²) >= 11 is 0. The normalized spacial score (nSPS) is 11.2. The van der Waals surface area contributed by atoms with Crippen molar-refractivity contribution in [2.75, 3.05) is 0 Å². The molecule has 0 unspecified atom stereocenters. The van der Waals surface area contributed by atoms with Gasteiger partial charge in [0.15, 0.2) is 17.9 Å². The molecule has 4 nitrogen and oxygen atoms in total. The lowest BCUT2D eigenvalue weighted by Crippen LogP contribution is -2.22. The molecule has 2 aromatic heterocycles. The number of furan rings is 1. The second kappa shape index (κ2) is 4.53. The highest BCUT2D eigenvalue weighted by Crippen LogP contribution is 2.27. The molecule has 2 rings (SSSR count). The maximum atomic E-state index is 5.39. The van der Waals surface area contributed by atoms with Gasteiger partial charge in [0, 0.05) is 12.6 Å². The van der Waals surface area contributed by atoms with Crippen LogP contribution < -0.4 is 5.32 Å². The lowest BCUT2D eigenvalue weighted by atomic mass is 10.2. The van der Waals surface area contributed by atoms with E-state index in [1.807, 2.05) is 13.0 Å². The summed E-state index contributed by atoms with van der Waals surface area (Å²) in [6, 6.07) is 2.33. The van der Waals surface area contributed by atoms with E-state index in [1.54, 1.807) is 6.26 Å². The molecule has 0 aliphatic heterocycles. The molecule has 4 heteroatoms. The van der Waals surface area contributed by atoms with E-state index in [9.17, 15) is 0 Å². The Balaban J connectivity index is 2.23. The molecule has 1 N–H and O–H groups in total. The van der Waals surface area contributed by atoms with Gasteiger partial charge in [-0.2, -0.15) is 0 Å². The fourth-order valence-electron chi connectivity index (χ4n) is 1.49. The van der Waals surface area contributed by atoms with E-state index < -0.39 is 0 Å². The van der Waals surface area contributed by atoms with Gasteiger partial charge < -0.3 is 14.2 Å². The average molecular weight is 220 g/mol. The first kappa shape index (κ1) is 11.0. The number of nitrogens with one attached hydrogen (secondary N) is 1. The number of hydrogen-bond acceptors (Lipinski definition) is 4. The summed E-state index contributed by atoms with van der Waals surface area (Å²) in [6.45, 7) is 6.86. The van der Waals surface area contributed by atoms with Crippen molar-refractivity contribution in [3.05, 3.63) is 30.0 Å². The Kier molecular flexibility index (Phi) is 3.10. The molecule has 0 fully saturated rings. The van der Waals surface area contributed by atoms with E-state index in [-0.39, 0.29) is 0 Å². The zero-order valence-corrected chi connectivity index (χ0v) is 9.78. The Morgan fingerprint density at radius 1 is 1.31 bits per heavy atom. The maximum absolute atomic E-state index is 5.39. The molecule has 2 heterocycles. The smallest absolute Gasteiger partial charge is 0.194 e. The van der Waals surface area contributed by atoms with Gasteiger partial charge in [0.2, 0.25) is 0 Å². The molecular formula is C12H16N2O2. The fourth-order valence-corrected chi connectivity index (χ4v) is 1.49. The Bertz CT molecular complexity index is 457. The predicted molar refractivity (Wildman–Crippen MR) is 60.9 cm³/mol. The first-order valence-corrected chi connectivity index (χ1v) is 5.38. The Morgan fingerprint density at radius 3 is 2.75 bits per heavy atom. The van der Waals surface area contributed by atoms with Crippen molar-refractivity contribution in [1.29, 1.82) is 0 Å². The van der Waals surface area contributed by atoms with Crippen LogP contribution in [0, 0.1) is 6.92 Å². The number of rotatable bonds is 4. The van der Waals surface area contributed by atoms with Gasteiger partial charge in [-0.25, -0.2) is 4.98 Å². The van der Waals surface area contributed by atoms with Crippen LogP contribution in [0.5, 0.6) is 0 Å². The standard InChI is InChI=1S/C12H16N2O2/c1-8(2)13-6-10-12(16-7-14-10)11-9(3)4-5-15-11/h4-5,7-8,13H,6H2,1-3H3. The number of aryl methyl sites for hydroxylation is 1. The molecule has 86 valence electrons. The molecular weight excluding hydrogens is 204 g/mol. The molecule has 0 atom stereocenters. The van der Waals surface area contributed by atoms with Gasteiger partial charge in [0.1, 0.15) is 5.69 Å². The summed E-state index contributed by atoms with van der Waals surface area (Å²) in [4.78, 5) is 4.20. The van der Waals surface area contributed by atoms with Crippen LogP contribution in [0.2, 0.25) is 0 Å². The molecule has 0 aromatic carbocycles. The third-order valence-electron chi connectivity index (χ3n) is 2.39. The summed E-state index contributed by atoms with van der Waals surface area (Å²) in [6.07, 6.45) is 3.11. The van der Waals surface area contributed by atoms with Crippen molar-refractivity contribution in [2.45, 2.75) is 33.4 Å². The van der Waals surface area contributed by atoms with Crippen molar-refractivity contribution in [3.8, 4) is 11.5 Å². The predicted octanol–water partition coefficient (Wildman–Crippen LogP) is 2.74. The summed E-state index contributed by atoms with van der Waals surface area (Å²) in [5.41, 5.74) is 1.94. The van der Waals surface area contributed by atoms with Gasteiger partial charge in [0.25, 0.3) is 0 Å². The van der Waals surface area contributed by atoms with Gasteiger partial charge >= 0.3 is 0 Å². The van der Waals surface area contributed by atoms with Gasteiger partial charge in [-0.05, 0) is 18.6 Å². The van der Waals surface area contributed by atoms with Crippen LogP contribution in [0.4, 0.5) is 0 Å². The minimum Gasteiger partial charge on any atom is -0.461 e. The average Bonchev–Trinajstić information content (AvgIpc) is 2.82. The van der Waals surface area contributed by atoms with E-state index in [0.29, 0.717) is 12.6 Å². The van der Waals surface area contributed by atoms with Gasteiger partial charge in [0.05, 0.1) is 6.26 Å². The van der Waals surface area contributed by atoms with Gasteiger partial charge in [-0.1, -0.05) is 13.8 Å². The van der Waals surface area contributed by atoms with E-state index in [4.69, 9.17) is 8.83 Å². The van der Waals surface area contributed by atoms with Crippen LogP contribution in [-0.4, -0.2) is 11.0 Å². The second-order valence-electron chi connectivity index (χ2n) is 4.10. The van der Waals surface area contributed by atoms with Crippen LogP contribution in [0.15, 0.2) is 27.6 Å². The third-order valence-corrected chi connectivity index (χ3v) is 2.39. The Hall–Kier alpha value is -1.55. The highest BCUT2D eigenvalue weighted by Gasteiger charge is 2.15. The molecule has 0 bridgehead atoms. The number of nitrogens with zero attached hydrogens (tertiary/aromatic N) is 1. The van der Waals surface area contributed by atoms with Gasteiger partial charge in [-0.3, -0.25) is 0 Å². The maximum Gasteiger partial charge on any atom is 0.194 e. The molecule has 0 aliphatic carbocycles. The molecule has 0 spiro atoms. The van der Waals surface area contributed by atoms with Crippen LogP contribution in [-0.2, 0) is 6.54 Å². The van der Waals surface area contributed by atoms with Crippen LogP contribution in [0.3, 0.4) is 0 Å². The Morgan fingerprint density at radius 2 is 2.12 bits per heavy atom. The van der Waals surface area contributed by atoms with Crippen molar-refractivity contribution < 1.29 is 8.83 Å².